The average molecular weight is 332 g/mol. The summed E-state index contributed by atoms with van der Waals surface area (Å²) >= 11 is 0. The summed E-state index contributed by atoms with van der Waals surface area (Å²) in [6, 6.07) is 2.75. The van der Waals surface area contributed by atoms with Gasteiger partial charge in [0.05, 0.1) is 5.56 Å². The number of nitrogens with one attached hydrogen (secondary N) is 1. The normalized spacial score (nSPS) is 18.4. The van der Waals surface area contributed by atoms with Crippen molar-refractivity contribution in [2.24, 2.45) is 5.92 Å². The van der Waals surface area contributed by atoms with Crippen LogP contribution < -0.4 is 5.32 Å². The first-order valence-corrected chi connectivity index (χ1v) is 8.10. The van der Waals surface area contributed by atoms with Crippen LogP contribution in [0.4, 0.5) is 17.6 Å². The van der Waals surface area contributed by atoms with Crippen LogP contribution in [0.3, 0.4) is 0 Å². The minimum absolute atomic E-state index is 0.196. The van der Waals surface area contributed by atoms with Crippen LogP contribution in [0, 0.1) is 11.7 Å². The second-order valence-corrected chi connectivity index (χ2v) is 6.50. The van der Waals surface area contributed by atoms with Gasteiger partial charge in [-0.1, -0.05) is 19.9 Å². The van der Waals surface area contributed by atoms with Gasteiger partial charge in [-0.3, -0.25) is 4.90 Å². The number of rotatable bonds is 5. The third-order valence-electron chi connectivity index (χ3n) is 4.29. The summed E-state index contributed by atoms with van der Waals surface area (Å²) in [5.74, 6) is -0.431. The minimum Gasteiger partial charge on any atom is -0.314 e. The van der Waals surface area contributed by atoms with Crippen LogP contribution >= 0.6 is 0 Å². The zero-order valence-corrected chi connectivity index (χ0v) is 13.6. The van der Waals surface area contributed by atoms with Gasteiger partial charge in [-0.05, 0) is 36.5 Å². The van der Waals surface area contributed by atoms with Gasteiger partial charge in [0, 0.05) is 32.2 Å². The first-order valence-electron chi connectivity index (χ1n) is 8.10. The molecule has 1 aromatic rings. The van der Waals surface area contributed by atoms with Gasteiger partial charge in [-0.2, -0.15) is 13.2 Å². The molecule has 0 aliphatic carbocycles. The predicted octanol–water partition coefficient (Wildman–Crippen LogP) is 4.23. The summed E-state index contributed by atoms with van der Waals surface area (Å²) in [4.78, 5) is 2.08. The fourth-order valence-corrected chi connectivity index (χ4v) is 3.08. The lowest BCUT2D eigenvalue weighted by Gasteiger charge is -2.36. The smallest absolute Gasteiger partial charge is 0.314 e. The highest BCUT2D eigenvalue weighted by Crippen LogP contribution is 2.39. The Morgan fingerprint density at radius 1 is 1.13 bits per heavy atom. The third kappa shape index (κ3) is 4.91. The van der Waals surface area contributed by atoms with Gasteiger partial charge >= 0.3 is 6.18 Å². The van der Waals surface area contributed by atoms with E-state index in [4.69, 9.17) is 0 Å². The zero-order valence-electron chi connectivity index (χ0n) is 13.6. The van der Waals surface area contributed by atoms with Crippen LogP contribution in [0.1, 0.15) is 43.9 Å². The van der Waals surface area contributed by atoms with Crippen molar-refractivity contribution in [2.75, 3.05) is 26.2 Å². The first kappa shape index (κ1) is 18.2. The number of piperazine rings is 1. The van der Waals surface area contributed by atoms with Crippen LogP contribution in [0.2, 0.25) is 0 Å². The maximum absolute atomic E-state index is 13.4. The highest BCUT2D eigenvalue weighted by Gasteiger charge is 2.37. The molecule has 1 N–H and O–H groups in total. The molecular formula is C17H24F4N2. The molecule has 0 aromatic heterocycles. The summed E-state index contributed by atoms with van der Waals surface area (Å²) in [7, 11) is 0. The summed E-state index contributed by atoms with van der Waals surface area (Å²) in [5, 5.41) is 3.22. The molecule has 0 bridgehead atoms. The molecule has 1 aromatic carbocycles. The topological polar surface area (TPSA) is 15.3 Å². The molecule has 2 nitrogen and oxygen atoms in total. The number of halogens is 4. The number of alkyl halides is 3. The quantitative estimate of drug-likeness (QED) is 0.812. The van der Waals surface area contributed by atoms with E-state index in [-0.39, 0.29) is 11.6 Å². The molecule has 1 aliphatic heterocycles. The molecule has 0 unspecified atom stereocenters. The number of hydrogen-bond donors (Lipinski definition) is 1. The highest BCUT2D eigenvalue weighted by atomic mass is 19.4. The van der Waals surface area contributed by atoms with E-state index >= 15 is 0 Å². The van der Waals surface area contributed by atoms with Crippen molar-refractivity contribution in [3.05, 3.63) is 35.1 Å². The molecule has 0 radical (unpaired) electrons. The molecule has 1 aliphatic rings. The van der Waals surface area contributed by atoms with Crippen molar-refractivity contribution in [2.45, 2.75) is 38.9 Å². The van der Waals surface area contributed by atoms with E-state index in [9.17, 15) is 17.6 Å². The fraction of sp³-hybridized carbons (Fsp3) is 0.647. The lowest BCUT2D eigenvalue weighted by Crippen LogP contribution is -2.45. The lowest BCUT2D eigenvalue weighted by atomic mass is 9.92. The highest BCUT2D eigenvalue weighted by molar-refractivity contribution is 5.33. The molecule has 2 rings (SSSR count). The van der Waals surface area contributed by atoms with E-state index in [2.05, 4.69) is 24.1 Å². The molecule has 1 atom stereocenters. The Balaban J connectivity index is 2.37. The van der Waals surface area contributed by atoms with Crippen LogP contribution in [-0.4, -0.2) is 31.1 Å². The Kier molecular flexibility index (Phi) is 6.03. The second kappa shape index (κ2) is 7.62. The Morgan fingerprint density at radius 3 is 2.35 bits per heavy atom. The molecule has 6 heteroatoms. The Morgan fingerprint density at radius 2 is 1.78 bits per heavy atom. The summed E-state index contributed by atoms with van der Waals surface area (Å²) in [6.45, 7) is 7.06. The van der Waals surface area contributed by atoms with E-state index in [1.54, 1.807) is 0 Å². The maximum Gasteiger partial charge on any atom is 0.416 e. The van der Waals surface area contributed by atoms with Gasteiger partial charge in [-0.15, -0.1) is 0 Å². The second-order valence-electron chi connectivity index (χ2n) is 6.50. The van der Waals surface area contributed by atoms with Crippen molar-refractivity contribution in [3.8, 4) is 0 Å². The molecule has 23 heavy (non-hydrogen) atoms. The van der Waals surface area contributed by atoms with Gasteiger partial charge in [0.2, 0.25) is 0 Å². The van der Waals surface area contributed by atoms with Gasteiger partial charge in [0.1, 0.15) is 5.82 Å². The van der Waals surface area contributed by atoms with E-state index in [0.717, 1.165) is 25.6 Å². The standard InChI is InChI=1S/C17H24F4N2/c1-12(2)3-6-16(23-9-7-22-8-10-23)14-5-4-13(18)11-15(14)17(19,20)21/h4-5,11-12,16,22H,3,6-10H2,1-2H3/t16-/m0/s1. The van der Waals surface area contributed by atoms with Crippen LogP contribution in [0.25, 0.3) is 0 Å². The van der Waals surface area contributed by atoms with Crippen LogP contribution in [-0.2, 0) is 6.18 Å². The molecule has 130 valence electrons. The third-order valence-corrected chi connectivity index (χ3v) is 4.29. The van der Waals surface area contributed by atoms with Gasteiger partial charge in [0.15, 0.2) is 0 Å². The van der Waals surface area contributed by atoms with E-state index < -0.39 is 17.6 Å². The van der Waals surface area contributed by atoms with E-state index in [0.29, 0.717) is 31.5 Å². The van der Waals surface area contributed by atoms with Crippen molar-refractivity contribution in [3.63, 3.8) is 0 Å². The Hall–Kier alpha value is -1.14. The molecule has 0 spiro atoms. The Labute approximate surface area is 134 Å². The number of benzene rings is 1. The van der Waals surface area contributed by atoms with Crippen molar-refractivity contribution >= 4 is 0 Å². The minimum atomic E-state index is -4.54. The fourth-order valence-electron chi connectivity index (χ4n) is 3.08. The SMILES string of the molecule is CC(C)CC[C@@H](c1ccc(F)cc1C(F)(F)F)N1CCNCC1. The molecule has 1 fully saturated rings. The predicted molar refractivity (Wildman–Crippen MR) is 82.7 cm³/mol. The molecule has 0 saturated carbocycles. The van der Waals surface area contributed by atoms with E-state index in [1.165, 1.54) is 6.07 Å². The van der Waals surface area contributed by atoms with Crippen molar-refractivity contribution in [1.29, 1.82) is 0 Å². The first-order chi connectivity index (χ1) is 10.8. The van der Waals surface area contributed by atoms with Crippen LogP contribution in [0.5, 0.6) is 0 Å². The number of nitrogens with zero attached hydrogens (tertiary/aromatic N) is 1. The van der Waals surface area contributed by atoms with E-state index in [1.807, 2.05) is 0 Å². The van der Waals surface area contributed by atoms with Gasteiger partial charge in [0.25, 0.3) is 0 Å². The summed E-state index contributed by atoms with van der Waals surface area (Å²) < 4.78 is 53.4. The monoisotopic (exact) mass is 332 g/mol. The molecule has 1 heterocycles. The maximum atomic E-state index is 13.4. The summed E-state index contributed by atoms with van der Waals surface area (Å²) in [6.07, 6.45) is -3.06. The van der Waals surface area contributed by atoms with Gasteiger partial charge < -0.3 is 5.32 Å². The largest absolute Gasteiger partial charge is 0.416 e. The molecule has 0 amide bonds. The lowest BCUT2D eigenvalue weighted by molar-refractivity contribution is -0.139. The Bertz CT molecular complexity index is 508. The van der Waals surface area contributed by atoms with Crippen molar-refractivity contribution < 1.29 is 17.6 Å². The van der Waals surface area contributed by atoms with Gasteiger partial charge in [-0.25, -0.2) is 4.39 Å². The average Bonchev–Trinajstić information content (AvgIpc) is 2.48. The molecular weight excluding hydrogens is 308 g/mol. The summed E-state index contributed by atoms with van der Waals surface area (Å²) in [5.41, 5.74) is -0.647. The van der Waals surface area contributed by atoms with Crippen molar-refractivity contribution in [1.82, 2.24) is 10.2 Å². The van der Waals surface area contributed by atoms with Crippen LogP contribution in [0.15, 0.2) is 18.2 Å². The molecule has 1 saturated heterocycles. The number of hydrogen-bond acceptors (Lipinski definition) is 2. The zero-order chi connectivity index (χ0) is 17.0.